The Morgan fingerprint density at radius 2 is 1.89 bits per heavy atom. The molecule has 0 spiro atoms. The van der Waals surface area contributed by atoms with Crippen LogP contribution in [-0.2, 0) is 21.1 Å². The lowest BCUT2D eigenvalue weighted by atomic mass is 10.1. The number of rotatable bonds is 3. The lowest BCUT2D eigenvalue weighted by molar-refractivity contribution is -0.117. The van der Waals surface area contributed by atoms with E-state index in [1.54, 1.807) is 6.07 Å². The second-order valence-corrected chi connectivity index (χ2v) is 10.8. The molecule has 8 heteroatoms. The summed E-state index contributed by atoms with van der Waals surface area (Å²) in [5, 5.41) is 0.988. The van der Waals surface area contributed by atoms with Crippen LogP contribution in [0.5, 0.6) is 0 Å². The van der Waals surface area contributed by atoms with Crippen LogP contribution in [0, 0.1) is 6.92 Å². The van der Waals surface area contributed by atoms with Gasteiger partial charge in [0.2, 0.25) is 0 Å². The summed E-state index contributed by atoms with van der Waals surface area (Å²) in [7, 11) is -3.09. The summed E-state index contributed by atoms with van der Waals surface area (Å²) in [6.07, 6.45) is 0.110. The van der Waals surface area contributed by atoms with Crippen LogP contribution in [0.2, 0.25) is 5.02 Å². The van der Waals surface area contributed by atoms with Crippen molar-refractivity contribution in [1.29, 1.82) is 0 Å². The van der Waals surface area contributed by atoms with E-state index < -0.39 is 9.84 Å². The average molecular weight is 435 g/mol. The standard InChI is InChI=1S/C20H19ClN2O3S2/c1-13-6-2-5-9-16(13)23-17-11-28(25,26)12-18(17)27-20(23)22-19(24)10-14-7-3-4-8-15(14)21/h2-9,17-18H,10-12H2,1H3/t17-,18+/m1/s1. The summed E-state index contributed by atoms with van der Waals surface area (Å²) >= 11 is 7.54. The van der Waals surface area contributed by atoms with Gasteiger partial charge in [-0.3, -0.25) is 4.79 Å². The first kappa shape index (κ1) is 19.5. The molecule has 2 atom stereocenters. The summed E-state index contributed by atoms with van der Waals surface area (Å²) in [4.78, 5) is 18.9. The number of para-hydroxylation sites is 1. The predicted octanol–water partition coefficient (Wildman–Crippen LogP) is 3.49. The number of sulfone groups is 1. The van der Waals surface area contributed by atoms with Crippen molar-refractivity contribution in [3.8, 4) is 0 Å². The molecule has 2 aliphatic rings. The zero-order chi connectivity index (χ0) is 19.9. The van der Waals surface area contributed by atoms with Gasteiger partial charge in [-0.15, -0.1) is 0 Å². The number of hydrogen-bond acceptors (Lipinski definition) is 4. The van der Waals surface area contributed by atoms with Crippen molar-refractivity contribution in [2.45, 2.75) is 24.6 Å². The van der Waals surface area contributed by atoms with Gasteiger partial charge in [0.15, 0.2) is 15.0 Å². The molecule has 0 aromatic heterocycles. The summed E-state index contributed by atoms with van der Waals surface area (Å²) in [5.74, 6) is -0.101. The number of fused-ring (bicyclic) bond motifs is 1. The van der Waals surface area contributed by atoms with Crippen molar-refractivity contribution in [3.05, 3.63) is 64.7 Å². The molecule has 146 valence electrons. The number of carbonyl (C=O) groups excluding carboxylic acids is 1. The van der Waals surface area contributed by atoms with E-state index in [0.29, 0.717) is 10.2 Å². The van der Waals surface area contributed by atoms with Gasteiger partial charge in [-0.05, 0) is 30.2 Å². The quantitative estimate of drug-likeness (QED) is 0.739. The zero-order valence-corrected chi connectivity index (χ0v) is 17.6. The van der Waals surface area contributed by atoms with E-state index in [4.69, 9.17) is 11.6 Å². The Bertz CT molecular complexity index is 1070. The molecular weight excluding hydrogens is 416 g/mol. The van der Waals surface area contributed by atoms with Crippen molar-refractivity contribution in [2.24, 2.45) is 4.99 Å². The first-order chi connectivity index (χ1) is 13.3. The number of thioether (sulfide) groups is 1. The fourth-order valence-electron chi connectivity index (χ4n) is 3.63. The molecule has 4 rings (SSSR count). The minimum absolute atomic E-state index is 0.0801. The molecule has 28 heavy (non-hydrogen) atoms. The number of halogens is 1. The summed E-state index contributed by atoms with van der Waals surface area (Å²) in [6, 6.07) is 14.8. The lowest BCUT2D eigenvalue weighted by Gasteiger charge is -2.26. The van der Waals surface area contributed by atoms with Crippen LogP contribution >= 0.6 is 23.4 Å². The van der Waals surface area contributed by atoms with Crippen LogP contribution in [0.1, 0.15) is 11.1 Å². The maximum atomic E-state index is 12.6. The molecule has 0 aliphatic carbocycles. The second-order valence-electron chi connectivity index (χ2n) is 7.01. The van der Waals surface area contributed by atoms with Crippen LogP contribution in [0.25, 0.3) is 0 Å². The van der Waals surface area contributed by atoms with Gasteiger partial charge in [0, 0.05) is 16.0 Å². The largest absolute Gasteiger partial charge is 0.315 e. The molecule has 0 N–H and O–H groups in total. The highest BCUT2D eigenvalue weighted by molar-refractivity contribution is 8.16. The number of amides is 1. The van der Waals surface area contributed by atoms with Crippen molar-refractivity contribution in [3.63, 3.8) is 0 Å². The minimum Gasteiger partial charge on any atom is -0.315 e. The Hall–Kier alpha value is -1.83. The molecule has 2 aromatic rings. The van der Waals surface area contributed by atoms with Crippen LogP contribution in [-0.4, -0.2) is 42.3 Å². The molecule has 0 bridgehead atoms. The molecule has 2 fully saturated rings. The third kappa shape index (κ3) is 3.83. The van der Waals surface area contributed by atoms with Gasteiger partial charge < -0.3 is 4.90 Å². The lowest BCUT2D eigenvalue weighted by Crippen LogP contribution is -2.38. The number of aryl methyl sites for hydroxylation is 1. The maximum Gasteiger partial charge on any atom is 0.252 e. The highest BCUT2D eigenvalue weighted by atomic mass is 35.5. The van der Waals surface area contributed by atoms with E-state index in [0.717, 1.165) is 16.8 Å². The Morgan fingerprint density at radius 1 is 1.18 bits per heavy atom. The monoisotopic (exact) mass is 434 g/mol. The van der Waals surface area contributed by atoms with Gasteiger partial charge in [0.1, 0.15) is 0 Å². The molecule has 1 amide bonds. The molecular formula is C20H19ClN2O3S2. The number of nitrogens with zero attached hydrogens (tertiary/aromatic N) is 2. The highest BCUT2D eigenvalue weighted by Crippen LogP contribution is 2.41. The molecule has 0 unspecified atom stereocenters. The first-order valence-electron chi connectivity index (χ1n) is 8.91. The van der Waals surface area contributed by atoms with Crippen LogP contribution in [0.3, 0.4) is 0 Å². The van der Waals surface area contributed by atoms with Crippen molar-refractivity contribution in [2.75, 3.05) is 16.4 Å². The first-order valence-corrected chi connectivity index (χ1v) is 12.0. The second kappa shape index (κ2) is 7.54. The smallest absolute Gasteiger partial charge is 0.252 e. The van der Waals surface area contributed by atoms with Crippen molar-refractivity contribution in [1.82, 2.24) is 0 Å². The molecule has 2 heterocycles. The fourth-order valence-corrected chi connectivity index (χ4v) is 7.76. The fraction of sp³-hybridized carbons (Fsp3) is 0.300. The molecule has 2 aliphatic heterocycles. The molecule has 2 saturated heterocycles. The SMILES string of the molecule is Cc1ccccc1N1C(=NC(=O)Cc2ccccc2Cl)S[C@H]2CS(=O)(=O)C[C@H]21. The predicted molar refractivity (Wildman–Crippen MR) is 115 cm³/mol. The number of benzene rings is 2. The Balaban J connectivity index is 1.67. The topological polar surface area (TPSA) is 66.8 Å². The maximum absolute atomic E-state index is 12.6. The summed E-state index contributed by atoms with van der Waals surface area (Å²) < 4.78 is 24.3. The number of aliphatic imine (C=N–C) groups is 1. The number of amidine groups is 1. The molecule has 5 nitrogen and oxygen atoms in total. The highest BCUT2D eigenvalue weighted by Gasteiger charge is 2.49. The Morgan fingerprint density at radius 3 is 2.64 bits per heavy atom. The number of carbonyl (C=O) groups is 1. The number of anilines is 1. The van der Waals surface area contributed by atoms with E-state index in [2.05, 4.69) is 4.99 Å². The van der Waals surface area contributed by atoms with Gasteiger partial charge in [0.05, 0.1) is 24.0 Å². The van der Waals surface area contributed by atoms with E-state index in [1.165, 1.54) is 11.8 Å². The molecule has 0 radical (unpaired) electrons. The van der Waals surface area contributed by atoms with E-state index in [-0.39, 0.29) is 35.1 Å². The number of hydrogen-bond donors (Lipinski definition) is 0. The normalized spacial score (nSPS) is 24.5. The minimum atomic E-state index is -3.09. The zero-order valence-electron chi connectivity index (χ0n) is 15.2. The van der Waals surface area contributed by atoms with Gasteiger partial charge in [0.25, 0.3) is 5.91 Å². The van der Waals surface area contributed by atoms with Crippen LogP contribution in [0.15, 0.2) is 53.5 Å². The third-order valence-corrected chi connectivity index (χ3v) is 8.54. The van der Waals surface area contributed by atoms with Gasteiger partial charge >= 0.3 is 0 Å². The van der Waals surface area contributed by atoms with E-state index in [1.807, 2.05) is 54.3 Å². The van der Waals surface area contributed by atoms with E-state index in [9.17, 15) is 13.2 Å². The van der Waals surface area contributed by atoms with Crippen LogP contribution in [0.4, 0.5) is 5.69 Å². The van der Waals surface area contributed by atoms with Crippen molar-refractivity contribution >= 4 is 50.0 Å². The molecule has 2 aromatic carbocycles. The van der Waals surface area contributed by atoms with Crippen molar-refractivity contribution < 1.29 is 13.2 Å². The van der Waals surface area contributed by atoms with Gasteiger partial charge in [-0.2, -0.15) is 4.99 Å². The Labute approximate surface area is 173 Å². The third-order valence-electron chi connectivity index (χ3n) is 4.96. The van der Waals surface area contributed by atoms with Gasteiger partial charge in [-0.1, -0.05) is 59.8 Å². The average Bonchev–Trinajstić information content (AvgIpc) is 3.08. The molecule has 0 saturated carbocycles. The van der Waals surface area contributed by atoms with Gasteiger partial charge in [-0.25, -0.2) is 8.42 Å². The summed E-state index contributed by atoms with van der Waals surface area (Å²) in [5.41, 5.74) is 2.63. The summed E-state index contributed by atoms with van der Waals surface area (Å²) in [6.45, 7) is 1.97. The van der Waals surface area contributed by atoms with Crippen LogP contribution < -0.4 is 4.90 Å². The Kier molecular flexibility index (Phi) is 5.24. The van der Waals surface area contributed by atoms with E-state index >= 15 is 0 Å².